The van der Waals surface area contributed by atoms with Gasteiger partial charge in [0.25, 0.3) is 0 Å². The fourth-order valence-corrected chi connectivity index (χ4v) is 6.39. The first-order chi connectivity index (χ1) is 8.86. The van der Waals surface area contributed by atoms with E-state index in [1.807, 2.05) is 13.8 Å². The van der Waals surface area contributed by atoms with Crippen molar-refractivity contribution in [2.45, 2.75) is 36.8 Å². The second kappa shape index (κ2) is 5.99. The number of rotatable bonds is 3. The Morgan fingerprint density at radius 2 is 2.26 bits per heavy atom. The number of ether oxygens (including phenoxy) is 1. The number of hydrogen-bond acceptors (Lipinski definition) is 4. The average Bonchev–Trinajstić information content (AvgIpc) is 2.74. The van der Waals surface area contributed by atoms with E-state index in [9.17, 15) is 8.42 Å². The molecule has 1 aliphatic heterocycles. The van der Waals surface area contributed by atoms with Crippen molar-refractivity contribution in [2.75, 3.05) is 13.2 Å². The Morgan fingerprint density at radius 1 is 1.58 bits per heavy atom. The maximum absolute atomic E-state index is 12.7. The Labute approximate surface area is 130 Å². The van der Waals surface area contributed by atoms with Gasteiger partial charge in [0, 0.05) is 17.5 Å². The van der Waals surface area contributed by atoms with E-state index in [0.29, 0.717) is 27.7 Å². The van der Waals surface area contributed by atoms with E-state index < -0.39 is 10.0 Å². The number of sulfonamides is 1. The molecule has 0 N–H and O–H groups in total. The summed E-state index contributed by atoms with van der Waals surface area (Å²) in [4.78, 5) is 1.13. The summed E-state index contributed by atoms with van der Waals surface area (Å²) in [5, 5.41) is 0. The first kappa shape index (κ1) is 15.7. The molecule has 0 amide bonds. The van der Waals surface area contributed by atoms with Crippen molar-refractivity contribution in [1.29, 1.82) is 0 Å². The molecule has 0 spiro atoms. The van der Waals surface area contributed by atoms with Gasteiger partial charge in [0.1, 0.15) is 4.90 Å². The largest absolute Gasteiger partial charge is 0.375 e. The summed E-state index contributed by atoms with van der Waals surface area (Å²) in [7, 11) is -3.51. The normalized spacial score (nSPS) is 25.7. The van der Waals surface area contributed by atoms with Crippen LogP contribution in [-0.2, 0) is 20.6 Å². The highest BCUT2D eigenvalue weighted by Gasteiger charge is 2.35. The quantitative estimate of drug-likeness (QED) is 0.748. The zero-order valence-electron chi connectivity index (χ0n) is 10.6. The van der Waals surface area contributed by atoms with Crippen LogP contribution in [0.3, 0.4) is 0 Å². The van der Waals surface area contributed by atoms with Crippen LogP contribution in [0, 0.1) is 0 Å². The first-order valence-electron chi connectivity index (χ1n) is 5.84. The molecule has 0 saturated carbocycles. The third-order valence-corrected chi connectivity index (χ3v) is 7.65. The van der Waals surface area contributed by atoms with Crippen molar-refractivity contribution in [2.24, 2.45) is 0 Å². The molecular formula is C11H15BrClNO3S2. The number of hydrogen-bond donors (Lipinski definition) is 0. The third-order valence-electron chi connectivity index (χ3n) is 2.98. The average molecular weight is 389 g/mol. The highest BCUT2D eigenvalue weighted by molar-refractivity contribution is 9.11. The lowest BCUT2D eigenvalue weighted by atomic mass is 10.2. The Hall–Kier alpha value is 0.340. The van der Waals surface area contributed by atoms with Gasteiger partial charge in [0.2, 0.25) is 10.0 Å². The lowest BCUT2D eigenvalue weighted by Crippen LogP contribution is -2.50. The van der Waals surface area contributed by atoms with Crippen LogP contribution in [0.5, 0.6) is 0 Å². The van der Waals surface area contributed by atoms with E-state index >= 15 is 0 Å². The maximum Gasteiger partial charge on any atom is 0.245 e. The van der Waals surface area contributed by atoms with Gasteiger partial charge in [-0.25, -0.2) is 8.42 Å². The second-order valence-electron chi connectivity index (χ2n) is 4.55. The lowest BCUT2D eigenvalue weighted by Gasteiger charge is -2.35. The highest BCUT2D eigenvalue weighted by Crippen LogP contribution is 2.35. The zero-order valence-corrected chi connectivity index (χ0v) is 14.6. The fourth-order valence-electron chi connectivity index (χ4n) is 1.97. The number of alkyl halides is 1. The van der Waals surface area contributed by atoms with Gasteiger partial charge < -0.3 is 4.74 Å². The molecule has 8 heteroatoms. The van der Waals surface area contributed by atoms with Crippen LogP contribution >= 0.6 is 38.9 Å². The van der Waals surface area contributed by atoms with E-state index in [0.717, 1.165) is 4.88 Å². The Bertz CT molecular complexity index is 560. The van der Waals surface area contributed by atoms with Gasteiger partial charge in [-0.15, -0.1) is 22.9 Å². The van der Waals surface area contributed by atoms with Gasteiger partial charge in [-0.3, -0.25) is 0 Å². The number of nitrogens with zero attached hydrogens (tertiary/aromatic N) is 1. The molecule has 1 fully saturated rings. The fraction of sp³-hybridized carbons (Fsp3) is 0.636. The van der Waals surface area contributed by atoms with E-state index in [1.165, 1.54) is 15.6 Å². The van der Waals surface area contributed by atoms with Crippen molar-refractivity contribution < 1.29 is 13.2 Å². The molecule has 1 aromatic heterocycles. The lowest BCUT2D eigenvalue weighted by molar-refractivity contribution is -0.0170. The minimum absolute atomic E-state index is 0.0871. The molecule has 4 nitrogen and oxygen atoms in total. The monoisotopic (exact) mass is 387 g/mol. The van der Waals surface area contributed by atoms with Crippen LogP contribution < -0.4 is 0 Å². The molecule has 1 aromatic rings. The van der Waals surface area contributed by atoms with E-state index in [-0.39, 0.29) is 12.1 Å². The Balaban J connectivity index is 2.37. The predicted molar refractivity (Wildman–Crippen MR) is 80.3 cm³/mol. The summed E-state index contributed by atoms with van der Waals surface area (Å²) in [6, 6.07) is 1.48. The van der Waals surface area contributed by atoms with E-state index in [4.69, 9.17) is 16.3 Å². The molecule has 0 bridgehead atoms. The molecule has 1 saturated heterocycles. The van der Waals surface area contributed by atoms with Gasteiger partial charge in [-0.2, -0.15) is 4.31 Å². The summed E-state index contributed by atoms with van der Waals surface area (Å²) >= 11 is 10.4. The van der Waals surface area contributed by atoms with Crippen molar-refractivity contribution in [3.63, 3.8) is 0 Å². The highest BCUT2D eigenvalue weighted by atomic mass is 79.9. The smallest absolute Gasteiger partial charge is 0.245 e. The zero-order chi connectivity index (χ0) is 14.2. The summed E-state index contributed by atoms with van der Waals surface area (Å²) < 4.78 is 33.0. The maximum atomic E-state index is 12.7. The first-order valence-corrected chi connectivity index (χ1v) is 9.42. The molecule has 2 atom stereocenters. The third kappa shape index (κ3) is 3.16. The molecule has 0 aromatic carbocycles. The standard InChI is InChI=1S/C11H15BrClNO3S2/c1-7-6-17-8(2)5-14(7)19(15,16)10-3-9(4-13)18-11(10)12/h3,7-8H,4-6H2,1-2H3. The van der Waals surface area contributed by atoms with E-state index in [1.54, 1.807) is 6.07 Å². The predicted octanol–water partition coefficient (Wildman–Crippen LogP) is 3.05. The van der Waals surface area contributed by atoms with Crippen molar-refractivity contribution in [3.05, 3.63) is 14.7 Å². The van der Waals surface area contributed by atoms with Crippen LogP contribution in [-0.4, -0.2) is 38.0 Å². The molecular weight excluding hydrogens is 374 g/mol. The topological polar surface area (TPSA) is 46.6 Å². The Morgan fingerprint density at radius 3 is 2.84 bits per heavy atom. The van der Waals surface area contributed by atoms with Crippen LogP contribution in [0.1, 0.15) is 18.7 Å². The molecule has 1 aliphatic rings. The molecule has 2 rings (SSSR count). The van der Waals surface area contributed by atoms with Gasteiger partial charge >= 0.3 is 0 Å². The molecule has 19 heavy (non-hydrogen) atoms. The number of morpholine rings is 1. The molecule has 2 heterocycles. The van der Waals surface area contributed by atoms with Crippen LogP contribution in [0.4, 0.5) is 0 Å². The number of halogens is 2. The molecule has 2 unspecified atom stereocenters. The van der Waals surface area contributed by atoms with Gasteiger partial charge in [0.15, 0.2) is 0 Å². The summed E-state index contributed by atoms with van der Waals surface area (Å²) in [5.41, 5.74) is 0. The van der Waals surface area contributed by atoms with Crippen LogP contribution in [0.15, 0.2) is 14.7 Å². The van der Waals surface area contributed by atoms with Gasteiger partial charge in [-0.05, 0) is 35.8 Å². The van der Waals surface area contributed by atoms with Crippen molar-refractivity contribution in [1.82, 2.24) is 4.31 Å². The Kier molecular flexibility index (Phi) is 4.96. The van der Waals surface area contributed by atoms with Crippen molar-refractivity contribution >= 4 is 48.9 Å². The van der Waals surface area contributed by atoms with E-state index in [2.05, 4.69) is 15.9 Å². The molecule has 108 valence electrons. The van der Waals surface area contributed by atoms with Crippen LogP contribution in [0.2, 0.25) is 0 Å². The SMILES string of the molecule is CC1CN(S(=O)(=O)c2cc(CCl)sc2Br)C(C)CO1. The summed E-state index contributed by atoms with van der Waals surface area (Å²) in [6.45, 7) is 4.53. The second-order valence-corrected chi connectivity index (χ2v) is 9.13. The summed E-state index contributed by atoms with van der Waals surface area (Å²) in [5.74, 6) is 0.313. The van der Waals surface area contributed by atoms with Crippen molar-refractivity contribution in [3.8, 4) is 0 Å². The number of thiophene rings is 1. The van der Waals surface area contributed by atoms with Gasteiger partial charge in [-0.1, -0.05) is 0 Å². The summed E-state index contributed by atoms with van der Waals surface area (Å²) in [6.07, 6.45) is -0.0871. The van der Waals surface area contributed by atoms with Crippen LogP contribution in [0.25, 0.3) is 0 Å². The molecule has 0 aliphatic carbocycles. The minimum Gasteiger partial charge on any atom is -0.375 e. The minimum atomic E-state index is -3.51. The van der Waals surface area contributed by atoms with Gasteiger partial charge in [0.05, 0.1) is 22.4 Å². The molecule has 0 radical (unpaired) electrons.